The maximum atomic E-state index is 6.11. The largest absolute Gasteiger partial charge is 0.486 e. The molecule has 1 aliphatic heterocycles. The maximum absolute atomic E-state index is 6.11. The van der Waals surface area contributed by atoms with E-state index < -0.39 is 0 Å². The average molecular weight is 348 g/mol. The highest BCUT2D eigenvalue weighted by molar-refractivity contribution is 5.96. The van der Waals surface area contributed by atoms with E-state index in [1.807, 2.05) is 37.3 Å². The average Bonchev–Trinajstić information content (AvgIpc) is 3.11. The van der Waals surface area contributed by atoms with E-state index in [-0.39, 0.29) is 0 Å². The van der Waals surface area contributed by atoms with Crippen LogP contribution in [0, 0.1) is 6.92 Å². The summed E-state index contributed by atoms with van der Waals surface area (Å²) in [5.41, 5.74) is 4.23. The fourth-order valence-corrected chi connectivity index (χ4v) is 3.29. The van der Waals surface area contributed by atoms with Gasteiger partial charge in [0.2, 0.25) is 5.88 Å². The summed E-state index contributed by atoms with van der Waals surface area (Å²) in [6, 6.07) is 9.78. The third-order valence-corrected chi connectivity index (χ3v) is 4.45. The van der Waals surface area contributed by atoms with Gasteiger partial charge in [0.25, 0.3) is 0 Å². The molecule has 3 heterocycles. The zero-order valence-corrected chi connectivity index (χ0v) is 14.4. The second-order valence-electron chi connectivity index (χ2n) is 6.20. The molecule has 6 heteroatoms. The van der Waals surface area contributed by atoms with E-state index >= 15 is 0 Å². The van der Waals surface area contributed by atoms with Crippen LogP contribution in [0.5, 0.6) is 17.4 Å². The number of aromatic nitrogens is 2. The number of benzene rings is 2. The van der Waals surface area contributed by atoms with Crippen molar-refractivity contribution in [2.24, 2.45) is 0 Å². The highest BCUT2D eigenvalue weighted by atomic mass is 16.6. The van der Waals surface area contributed by atoms with Crippen molar-refractivity contribution in [1.82, 2.24) is 9.97 Å². The lowest BCUT2D eigenvalue weighted by atomic mass is 10.1. The first-order chi connectivity index (χ1) is 12.7. The Balaban J connectivity index is 1.75. The van der Waals surface area contributed by atoms with Gasteiger partial charge in [-0.25, -0.2) is 9.97 Å². The van der Waals surface area contributed by atoms with Gasteiger partial charge in [0.15, 0.2) is 11.5 Å². The summed E-state index contributed by atoms with van der Waals surface area (Å²) in [4.78, 5) is 9.02. The van der Waals surface area contributed by atoms with Crippen molar-refractivity contribution in [2.75, 3.05) is 20.3 Å². The zero-order chi connectivity index (χ0) is 17.7. The molecule has 5 rings (SSSR count). The molecule has 0 bridgehead atoms. The van der Waals surface area contributed by atoms with E-state index in [0.29, 0.717) is 19.1 Å². The number of fused-ring (bicyclic) bond motifs is 4. The van der Waals surface area contributed by atoms with E-state index in [1.165, 1.54) is 0 Å². The van der Waals surface area contributed by atoms with Crippen molar-refractivity contribution >= 4 is 22.0 Å². The number of ether oxygens (including phenoxy) is 3. The summed E-state index contributed by atoms with van der Waals surface area (Å²) in [6.07, 6.45) is 1.61. The molecule has 1 aliphatic rings. The summed E-state index contributed by atoms with van der Waals surface area (Å²) >= 11 is 0. The number of rotatable bonds is 2. The Labute approximate surface area is 149 Å². The number of furan rings is 1. The highest BCUT2D eigenvalue weighted by Crippen LogP contribution is 2.42. The van der Waals surface area contributed by atoms with Crippen LogP contribution in [0.25, 0.3) is 33.3 Å². The van der Waals surface area contributed by atoms with Gasteiger partial charge >= 0.3 is 0 Å². The van der Waals surface area contributed by atoms with E-state index in [1.54, 1.807) is 13.3 Å². The van der Waals surface area contributed by atoms with Gasteiger partial charge in [0, 0.05) is 5.56 Å². The van der Waals surface area contributed by atoms with Gasteiger partial charge in [0.05, 0.1) is 29.7 Å². The summed E-state index contributed by atoms with van der Waals surface area (Å²) in [5, 5.41) is 0.897. The summed E-state index contributed by atoms with van der Waals surface area (Å²) in [6.45, 7) is 3.11. The lowest BCUT2D eigenvalue weighted by molar-refractivity contribution is 0.174. The molecule has 0 aliphatic carbocycles. The van der Waals surface area contributed by atoms with Crippen LogP contribution in [0.2, 0.25) is 0 Å². The minimum absolute atomic E-state index is 0.485. The Morgan fingerprint density at radius 3 is 2.85 bits per heavy atom. The molecular weight excluding hydrogens is 332 g/mol. The number of hydrogen-bond donors (Lipinski definition) is 0. The molecule has 26 heavy (non-hydrogen) atoms. The van der Waals surface area contributed by atoms with Crippen molar-refractivity contribution < 1.29 is 18.6 Å². The topological polar surface area (TPSA) is 66.6 Å². The Kier molecular flexibility index (Phi) is 3.25. The van der Waals surface area contributed by atoms with Gasteiger partial charge in [-0.15, -0.1) is 0 Å². The SMILES string of the molecule is COc1cnc2c(-c3cc4c5c(ccc4o3)OCCO5)cc(C)cc2n1. The van der Waals surface area contributed by atoms with Crippen LogP contribution in [0.4, 0.5) is 0 Å². The normalized spacial score (nSPS) is 13.3. The Bertz CT molecular complexity index is 1150. The minimum atomic E-state index is 0.485. The molecule has 0 saturated carbocycles. The molecule has 2 aromatic carbocycles. The van der Waals surface area contributed by atoms with Gasteiger partial charge in [-0.3, -0.25) is 0 Å². The predicted molar refractivity (Wildman–Crippen MR) is 97.0 cm³/mol. The molecule has 0 spiro atoms. The van der Waals surface area contributed by atoms with Crippen molar-refractivity contribution in [1.29, 1.82) is 0 Å². The van der Waals surface area contributed by atoms with E-state index in [9.17, 15) is 0 Å². The van der Waals surface area contributed by atoms with Crippen LogP contribution >= 0.6 is 0 Å². The minimum Gasteiger partial charge on any atom is -0.486 e. The number of methoxy groups -OCH3 is 1. The number of nitrogens with zero attached hydrogens (tertiary/aromatic N) is 2. The first-order valence-corrected chi connectivity index (χ1v) is 8.37. The monoisotopic (exact) mass is 348 g/mol. The van der Waals surface area contributed by atoms with E-state index in [2.05, 4.69) is 9.97 Å². The summed E-state index contributed by atoms with van der Waals surface area (Å²) < 4.78 is 22.8. The summed E-state index contributed by atoms with van der Waals surface area (Å²) in [7, 11) is 1.58. The molecule has 0 N–H and O–H groups in total. The predicted octanol–water partition coefficient (Wildman–Crippen LogP) is 4.13. The van der Waals surface area contributed by atoms with Crippen molar-refractivity contribution in [3.05, 3.63) is 42.1 Å². The number of hydrogen-bond acceptors (Lipinski definition) is 6. The van der Waals surface area contributed by atoms with Crippen LogP contribution in [-0.2, 0) is 0 Å². The van der Waals surface area contributed by atoms with Crippen LogP contribution in [0.1, 0.15) is 5.56 Å². The second kappa shape index (κ2) is 5.62. The first-order valence-electron chi connectivity index (χ1n) is 8.37. The lowest BCUT2D eigenvalue weighted by Crippen LogP contribution is -2.15. The maximum Gasteiger partial charge on any atom is 0.232 e. The van der Waals surface area contributed by atoms with Crippen molar-refractivity contribution in [2.45, 2.75) is 6.92 Å². The zero-order valence-electron chi connectivity index (χ0n) is 14.4. The molecule has 0 amide bonds. The standard InChI is InChI=1S/C20H16N2O4/c1-11-7-12(19-14(8-11)22-18(23-2)10-21-19)17-9-13-15(26-17)3-4-16-20(13)25-6-5-24-16/h3-4,7-10H,5-6H2,1-2H3. The molecule has 130 valence electrons. The van der Waals surface area contributed by atoms with Crippen molar-refractivity contribution in [3.8, 4) is 28.7 Å². The van der Waals surface area contributed by atoms with E-state index in [0.717, 1.165) is 50.4 Å². The molecule has 6 nitrogen and oxygen atoms in total. The third kappa shape index (κ3) is 2.26. The molecule has 4 aromatic rings. The Hall–Kier alpha value is -3.28. The van der Waals surface area contributed by atoms with Crippen LogP contribution in [0.15, 0.2) is 40.9 Å². The second-order valence-corrected chi connectivity index (χ2v) is 6.20. The molecule has 0 unspecified atom stereocenters. The van der Waals surface area contributed by atoms with Gasteiger partial charge in [-0.1, -0.05) is 0 Å². The van der Waals surface area contributed by atoms with E-state index in [4.69, 9.17) is 18.6 Å². The molecule has 0 fully saturated rings. The van der Waals surface area contributed by atoms with Crippen molar-refractivity contribution in [3.63, 3.8) is 0 Å². The first kappa shape index (κ1) is 15.0. The van der Waals surface area contributed by atoms with Crippen LogP contribution < -0.4 is 14.2 Å². The highest BCUT2D eigenvalue weighted by Gasteiger charge is 2.20. The molecule has 0 radical (unpaired) electrons. The fraction of sp³-hybridized carbons (Fsp3) is 0.200. The number of aryl methyl sites for hydroxylation is 1. The Morgan fingerprint density at radius 1 is 1.08 bits per heavy atom. The lowest BCUT2D eigenvalue weighted by Gasteiger charge is -2.18. The van der Waals surface area contributed by atoms with Gasteiger partial charge < -0.3 is 18.6 Å². The summed E-state index contributed by atoms with van der Waals surface area (Å²) in [5.74, 6) is 2.68. The van der Waals surface area contributed by atoms with Gasteiger partial charge in [-0.2, -0.15) is 0 Å². The van der Waals surface area contributed by atoms with Gasteiger partial charge in [-0.05, 0) is 42.8 Å². The van der Waals surface area contributed by atoms with Crippen LogP contribution in [0.3, 0.4) is 0 Å². The molecule has 0 atom stereocenters. The third-order valence-electron chi connectivity index (χ3n) is 4.45. The molecule has 0 saturated heterocycles. The smallest absolute Gasteiger partial charge is 0.232 e. The van der Waals surface area contributed by atoms with Gasteiger partial charge in [0.1, 0.15) is 24.6 Å². The fourth-order valence-electron chi connectivity index (χ4n) is 3.29. The molecule has 2 aromatic heterocycles. The Morgan fingerprint density at radius 2 is 1.96 bits per heavy atom. The van der Waals surface area contributed by atoms with Crippen LogP contribution in [-0.4, -0.2) is 30.3 Å². The molecular formula is C20H16N2O4. The quantitative estimate of drug-likeness (QED) is 0.543.